The molecule has 0 spiro atoms. The van der Waals surface area contributed by atoms with E-state index in [1.54, 1.807) is 0 Å². The van der Waals surface area contributed by atoms with Crippen molar-refractivity contribution in [2.24, 2.45) is 5.16 Å². The van der Waals surface area contributed by atoms with Crippen molar-refractivity contribution in [3.8, 4) is 0 Å². The average molecular weight is 465 g/mol. The van der Waals surface area contributed by atoms with Gasteiger partial charge >= 0.3 is 0 Å². The Kier molecular flexibility index (Phi) is 7.65. The second-order valence-electron chi connectivity index (χ2n) is 8.32. The van der Waals surface area contributed by atoms with E-state index in [0.717, 1.165) is 28.5 Å². The van der Waals surface area contributed by atoms with E-state index in [4.69, 9.17) is 9.57 Å². The summed E-state index contributed by atoms with van der Waals surface area (Å²) in [7, 11) is 0. The van der Waals surface area contributed by atoms with Gasteiger partial charge in [-0.3, -0.25) is 4.79 Å². The van der Waals surface area contributed by atoms with Crippen LogP contribution in [0.25, 0.3) is 0 Å². The van der Waals surface area contributed by atoms with Crippen LogP contribution in [-0.4, -0.2) is 35.8 Å². The van der Waals surface area contributed by atoms with Crippen LogP contribution in [0, 0.1) is 18.6 Å². The van der Waals surface area contributed by atoms with Crippen molar-refractivity contribution in [2.75, 3.05) is 13.2 Å². The lowest BCUT2D eigenvalue weighted by molar-refractivity contribution is -0.139. The predicted octanol–water partition coefficient (Wildman–Crippen LogP) is 5.01. The van der Waals surface area contributed by atoms with Gasteiger partial charge in [0.15, 0.2) is 6.10 Å². The fraction of sp³-hybridized carbons (Fsp3) is 0.259. The number of oxime groups is 1. The van der Waals surface area contributed by atoms with Crippen molar-refractivity contribution in [1.29, 1.82) is 0 Å². The van der Waals surface area contributed by atoms with Crippen molar-refractivity contribution in [3.63, 3.8) is 0 Å². The third-order valence-electron chi connectivity index (χ3n) is 5.61. The first-order valence-electron chi connectivity index (χ1n) is 11.1. The number of rotatable bonds is 9. The molecular formula is C27H26F2N2O3. The van der Waals surface area contributed by atoms with Gasteiger partial charge in [0.05, 0.1) is 18.9 Å². The molecule has 4 rings (SSSR count). The van der Waals surface area contributed by atoms with Crippen LogP contribution >= 0.6 is 0 Å². The minimum absolute atomic E-state index is 0.0284. The van der Waals surface area contributed by atoms with E-state index in [9.17, 15) is 13.6 Å². The zero-order valence-electron chi connectivity index (χ0n) is 18.9. The molecule has 7 heteroatoms. The van der Waals surface area contributed by atoms with Gasteiger partial charge in [0.2, 0.25) is 5.91 Å². The highest BCUT2D eigenvalue weighted by atomic mass is 19.1. The van der Waals surface area contributed by atoms with Crippen LogP contribution in [0.4, 0.5) is 8.78 Å². The molecule has 1 aliphatic heterocycles. The van der Waals surface area contributed by atoms with Crippen LogP contribution in [-0.2, 0) is 27.5 Å². The van der Waals surface area contributed by atoms with Crippen LogP contribution in [0.15, 0.2) is 78.0 Å². The smallest absolute Gasteiger partial charge is 0.249 e. The Morgan fingerprint density at radius 2 is 1.85 bits per heavy atom. The Balaban J connectivity index is 1.41. The SMILES string of the molecule is Cc1ccc(C2=NOC(CN(Cc3ccc(F)cc3F)C(=O)COCc3ccccc3)C2)cc1. The molecule has 1 heterocycles. The molecule has 1 atom stereocenters. The molecule has 3 aromatic carbocycles. The van der Waals surface area contributed by atoms with Crippen molar-refractivity contribution in [1.82, 2.24) is 4.90 Å². The number of ether oxygens (including phenoxy) is 1. The number of carbonyl (C=O) groups excluding carboxylic acids is 1. The van der Waals surface area contributed by atoms with Crippen LogP contribution < -0.4 is 0 Å². The zero-order chi connectivity index (χ0) is 23.9. The van der Waals surface area contributed by atoms with Gasteiger partial charge in [0.1, 0.15) is 18.2 Å². The number of nitrogens with zero attached hydrogens (tertiary/aromatic N) is 2. The van der Waals surface area contributed by atoms with E-state index in [1.165, 1.54) is 17.0 Å². The van der Waals surface area contributed by atoms with Crippen molar-refractivity contribution < 1.29 is 23.1 Å². The maximum absolute atomic E-state index is 14.3. The molecule has 0 saturated heterocycles. The fourth-order valence-corrected chi connectivity index (χ4v) is 3.72. The summed E-state index contributed by atoms with van der Waals surface area (Å²) < 4.78 is 33.3. The second kappa shape index (κ2) is 11.0. The standard InChI is InChI=1S/C27H26F2N2O3/c1-19-7-9-21(10-8-19)26-14-24(34-30-26)16-31(15-22-11-12-23(28)13-25(22)29)27(32)18-33-17-20-5-3-2-4-6-20/h2-13,24H,14-18H2,1H3. The summed E-state index contributed by atoms with van der Waals surface area (Å²) in [5.41, 5.74) is 4.07. The molecule has 0 aromatic heterocycles. The quantitative estimate of drug-likeness (QED) is 0.447. The summed E-state index contributed by atoms with van der Waals surface area (Å²) in [5, 5.41) is 4.19. The molecule has 176 valence electrons. The molecule has 0 N–H and O–H groups in total. The minimum atomic E-state index is -0.702. The number of hydrogen-bond donors (Lipinski definition) is 0. The second-order valence-corrected chi connectivity index (χ2v) is 8.32. The highest BCUT2D eigenvalue weighted by molar-refractivity contribution is 6.01. The fourth-order valence-electron chi connectivity index (χ4n) is 3.72. The lowest BCUT2D eigenvalue weighted by atomic mass is 10.0. The van der Waals surface area contributed by atoms with Gasteiger partial charge in [0, 0.05) is 24.6 Å². The monoisotopic (exact) mass is 464 g/mol. The minimum Gasteiger partial charge on any atom is -0.390 e. The molecule has 3 aromatic rings. The number of benzene rings is 3. The van der Waals surface area contributed by atoms with E-state index < -0.39 is 11.6 Å². The molecule has 0 fully saturated rings. The number of hydrogen-bond acceptors (Lipinski definition) is 4. The summed E-state index contributed by atoms with van der Waals surface area (Å²) in [5.74, 6) is -1.68. The topological polar surface area (TPSA) is 51.1 Å². The molecule has 1 amide bonds. The molecule has 34 heavy (non-hydrogen) atoms. The normalized spacial score (nSPS) is 15.0. The number of amides is 1. The van der Waals surface area contributed by atoms with Crippen molar-refractivity contribution in [2.45, 2.75) is 32.6 Å². The summed E-state index contributed by atoms with van der Waals surface area (Å²) in [6.07, 6.45) is 0.141. The largest absolute Gasteiger partial charge is 0.390 e. The van der Waals surface area contributed by atoms with Gasteiger partial charge in [-0.15, -0.1) is 0 Å². The first-order valence-corrected chi connectivity index (χ1v) is 11.1. The lowest BCUT2D eigenvalue weighted by Crippen LogP contribution is -2.39. The van der Waals surface area contributed by atoms with Gasteiger partial charge < -0.3 is 14.5 Å². The van der Waals surface area contributed by atoms with Crippen LogP contribution in [0.1, 0.15) is 28.7 Å². The van der Waals surface area contributed by atoms with E-state index in [2.05, 4.69) is 5.16 Å². The van der Waals surface area contributed by atoms with Crippen molar-refractivity contribution >= 4 is 11.6 Å². The molecular weight excluding hydrogens is 438 g/mol. The Morgan fingerprint density at radius 1 is 1.09 bits per heavy atom. The predicted molar refractivity (Wildman–Crippen MR) is 125 cm³/mol. The van der Waals surface area contributed by atoms with Crippen molar-refractivity contribution in [3.05, 3.63) is 107 Å². The molecule has 0 saturated carbocycles. The highest BCUT2D eigenvalue weighted by Crippen LogP contribution is 2.20. The van der Waals surface area contributed by atoms with Crippen LogP contribution in [0.5, 0.6) is 0 Å². The molecule has 0 bridgehead atoms. The van der Waals surface area contributed by atoms with E-state index in [0.29, 0.717) is 6.42 Å². The maximum atomic E-state index is 14.3. The molecule has 1 aliphatic rings. The van der Waals surface area contributed by atoms with Gasteiger partial charge in [-0.25, -0.2) is 8.78 Å². The Bertz CT molecular complexity index is 1150. The van der Waals surface area contributed by atoms with E-state index >= 15 is 0 Å². The van der Waals surface area contributed by atoms with Crippen LogP contribution in [0.3, 0.4) is 0 Å². The third kappa shape index (κ3) is 6.26. The Morgan fingerprint density at radius 3 is 2.59 bits per heavy atom. The summed E-state index contributed by atoms with van der Waals surface area (Å²) in [6, 6.07) is 20.8. The summed E-state index contributed by atoms with van der Waals surface area (Å²) in [4.78, 5) is 20.1. The van der Waals surface area contributed by atoms with Gasteiger partial charge in [-0.05, 0) is 24.1 Å². The molecule has 0 radical (unpaired) electrons. The van der Waals surface area contributed by atoms with E-state index in [1.807, 2.05) is 61.5 Å². The highest BCUT2D eigenvalue weighted by Gasteiger charge is 2.27. The summed E-state index contributed by atoms with van der Waals surface area (Å²) in [6.45, 7) is 2.29. The number of halogens is 2. The summed E-state index contributed by atoms with van der Waals surface area (Å²) >= 11 is 0. The van der Waals surface area contributed by atoms with Gasteiger partial charge in [-0.1, -0.05) is 71.4 Å². The zero-order valence-corrected chi connectivity index (χ0v) is 18.9. The Labute approximate surface area is 197 Å². The first kappa shape index (κ1) is 23.6. The number of carbonyl (C=O) groups is 1. The number of aryl methyl sites for hydroxylation is 1. The maximum Gasteiger partial charge on any atom is 0.249 e. The van der Waals surface area contributed by atoms with Gasteiger partial charge in [-0.2, -0.15) is 0 Å². The lowest BCUT2D eigenvalue weighted by Gasteiger charge is -2.25. The Hall–Kier alpha value is -3.58. The average Bonchev–Trinajstić information content (AvgIpc) is 3.30. The van der Waals surface area contributed by atoms with E-state index in [-0.39, 0.29) is 43.9 Å². The van der Waals surface area contributed by atoms with Crippen LogP contribution in [0.2, 0.25) is 0 Å². The molecule has 5 nitrogen and oxygen atoms in total. The molecule has 1 unspecified atom stereocenters. The first-order chi connectivity index (χ1) is 16.5. The third-order valence-corrected chi connectivity index (χ3v) is 5.61. The van der Waals surface area contributed by atoms with Gasteiger partial charge in [0.25, 0.3) is 0 Å². The molecule has 0 aliphatic carbocycles.